The Kier molecular flexibility index (Phi) is 3.18. The Morgan fingerprint density at radius 2 is 2.00 bits per heavy atom. The van der Waals surface area contributed by atoms with E-state index >= 15 is 0 Å². The van der Waals surface area contributed by atoms with E-state index in [1.165, 1.54) is 5.56 Å². The van der Waals surface area contributed by atoms with Gasteiger partial charge >= 0.3 is 0 Å². The molecule has 0 radical (unpaired) electrons. The highest BCUT2D eigenvalue weighted by Gasteiger charge is 2.44. The van der Waals surface area contributed by atoms with Crippen LogP contribution in [0.15, 0.2) is 30.3 Å². The molecule has 2 fully saturated rings. The van der Waals surface area contributed by atoms with Crippen molar-refractivity contribution in [3.63, 3.8) is 0 Å². The first-order chi connectivity index (χ1) is 8.75. The summed E-state index contributed by atoms with van der Waals surface area (Å²) in [6.07, 6.45) is 1.86. The van der Waals surface area contributed by atoms with Gasteiger partial charge in [0.25, 0.3) is 0 Å². The summed E-state index contributed by atoms with van der Waals surface area (Å²) in [5.74, 6) is 0.360. The second-order valence-electron chi connectivity index (χ2n) is 5.16. The van der Waals surface area contributed by atoms with Crippen LogP contribution in [0.1, 0.15) is 37.7 Å². The number of hydrogen-bond acceptors (Lipinski definition) is 3. The molecule has 0 N–H and O–H groups in total. The van der Waals surface area contributed by atoms with Gasteiger partial charge in [-0.15, -0.1) is 0 Å². The van der Waals surface area contributed by atoms with Gasteiger partial charge in [0, 0.05) is 12.3 Å². The number of Topliss-reactive ketones (excluding diaryl/α,β-unsaturated/α-hetero) is 1. The van der Waals surface area contributed by atoms with Gasteiger partial charge in [-0.05, 0) is 18.4 Å². The Balaban J connectivity index is 1.73. The number of ketones is 1. The van der Waals surface area contributed by atoms with Gasteiger partial charge < -0.3 is 9.47 Å². The zero-order chi connectivity index (χ0) is 12.5. The van der Waals surface area contributed by atoms with Gasteiger partial charge in [0.2, 0.25) is 0 Å². The third-order valence-electron chi connectivity index (χ3n) is 3.89. The topological polar surface area (TPSA) is 35.5 Å². The minimum atomic E-state index is -0.324. The molecule has 1 heterocycles. The molecule has 3 heteroatoms. The molecule has 4 atom stereocenters. The van der Waals surface area contributed by atoms with E-state index in [4.69, 9.17) is 9.47 Å². The molecule has 1 saturated heterocycles. The van der Waals surface area contributed by atoms with Crippen molar-refractivity contribution in [2.45, 2.75) is 50.6 Å². The Labute approximate surface area is 107 Å². The molecule has 1 aliphatic carbocycles. The van der Waals surface area contributed by atoms with E-state index in [0.717, 1.165) is 12.8 Å². The molecule has 96 valence electrons. The predicted molar refractivity (Wildman–Crippen MR) is 67.2 cm³/mol. The highest BCUT2D eigenvalue weighted by molar-refractivity contribution is 5.84. The molecule has 3 rings (SSSR count). The van der Waals surface area contributed by atoms with E-state index in [9.17, 15) is 4.79 Å². The fourth-order valence-electron chi connectivity index (χ4n) is 2.78. The van der Waals surface area contributed by atoms with Crippen LogP contribution in [0.3, 0.4) is 0 Å². The largest absolute Gasteiger partial charge is 0.346 e. The summed E-state index contributed by atoms with van der Waals surface area (Å²) in [6.45, 7) is 2.09. The Morgan fingerprint density at radius 3 is 2.72 bits per heavy atom. The van der Waals surface area contributed by atoms with Crippen LogP contribution in [0.25, 0.3) is 0 Å². The highest BCUT2D eigenvalue weighted by Crippen LogP contribution is 2.35. The molecule has 0 spiro atoms. The molecule has 0 bridgehead atoms. The molecule has 2 aliphatic rings. The lowest BCUT2D eigenvalue weighted by atomic mass is 9.94. The normalized spacial score (nSPS) is 33.2. The van der Waals surface area contributed by atoms with Crippen LogP contribution in [0.2, 0.25) is 0 Å². The van der Waals surface area contributed by atoms with Crippen molar-refractivity contribution < 1.29 is 14.3 Å². The van der Waals surface area contributed by atoms with Gasteiger partial charge in [-0.3, -0.25) is 4.79 Å². The average Bonchev–Trinajstić information content (AvgIpc) is 2.84. The number of benzene rings is 1. The summed E-state index contributed by atoms with van der Waals surface area (Å²) in [6, 6.07) is 10.2. The van der Waals surface area contributed by atoms with Gasteiger partial charge in [0.15, 0.2) is 12.1 Å². The fourth-order valence-corrected chi connectivity index (χ4v) is 2.78. The maximum Gasteiger partial charge on any atom is 0.165 e. The van der Waals surface area contributed by atoms with Crippen LogP contribution >= 0.6 is 0 Å². The molecule has 18 heavy (non-hydrogen) atoms. The Bertz CT molecular complexity index is 429. The molecule has 4 unspecified atom stereocenters. The number of fused-ring (bicyclic) bond motifs is 1. The summed E-state index contributed by atoms with van der Waals surface area (Å²) in [4.78, 5) is 11.8. The maximum atomic E-state index is 11.8. The van der Waals surface area contributed by atoms with E-state index in [1.54, 1.807) is 0 Å². The van der Waals surface area contributed by atoms with Gasteiger partial charge in [0.05, 0.1) is 6.10 Å². The first kappa shape index (κ1) is 11.9. The van der Waals surface area contributed by atoms with Crippen LogP contribution in [0.4, 0.5) is 0 Å². The summed E-state index contributed by atoms with van der Waals surface area (Å²) >= 11 is 0. The fraction of sp³-hybridized carbons (Fsp3) is 0.533. The van der Waals surface area contributed by atoms with Crippen molar-refractivity contribution in [1.82, 2.24) is 0 Å². The minimum Gasteiger partial charge on any atom is -0.346 e. The van der Waals surface area contributed by atoms with E-state index in [-0.39, 0.29) is 30.2 Å². The third kappa shape index (κ3) is 2.08. The van der Waals surface area contributed by atoms with E-state index in [0.29, 0.717) is 6.42 Å². The van der Waals surface area contributed by atoms with Crippen molar-refractivity contribution in [2.24, 2.45) is 0 Å². The molecular weight excluding hydrogens is 228 g/mol. The van der Waals surface area contributed by atoms with E-state index < -0.39 is 0 Å². The molecular formula is C15H18O3. The average molecular weight is 246 g/mol. The Hall–Kier alpha value is -1.19. The number of rotatable bonds is 2. The second-order valence-corrected chi connectivity index (χ2v) is 5.16. The molecule has 1 saturated carbocycles. The van der Waals surface area contributed by atoms with Gasteiger partial charge in [-0.2, -0.15) is 0 Å². The van der Waals surface area contributed by atoms with Gasteiger partial charge in [0.1, 0.15) is 6.10 Å². The molecule has 0 aromatic heterocycles. The highest BCUT2D eigenvalue weighted by atomic mass is 16.7. The summed E-state index contributed by atoms with van der Waals surface area (Å²) in [5.41, 5.74) is 1.19. The maximum absolute atomic E-state index is 11.8. The van der Waals surface area contributed by atoms with Crippen LogP contribution in [-0.4, -0.2) is 24.3 Å². The molecule has 0 amide bonds. The van der Waals surface area contributed by atoms with Crippen LogP contribution in [0, 0.1) is 0 Å². The first-order valence-corrected chi connectivity index (χ1v) is 6.64. The molecule has 1 aromatic rings. The summed E-state index contributed by atoms with van der Waals surface area (Å²) in [5, 5.41) is 0. The standard InChI is InChI=1S/C15H18O3/c1-10(11-6-3-2-4-7-11)15-17-13-9-5-8-12(16)14(13)18-15/h2-4,6-7,10,13-15H,5,8-9H2,1H3. The van der Waals surface area contributed by atoms with E-state index in [2.05, 4.69) is 19.1 Å². The first-order valence-electron chi connectivity index (χ1n) is 6.64. The van der Waals surface area contributed by atoms with Crippen LogP contribution in [0.5, 0.6) is 0 Å². The Morgan fingerprint density at radius 1 is 1.22 bits per heavy atom. The van der Waals surface area contributed by atoms with Crippen molar-refractivity contribution in [2.75, 3.05) is 0 Å². The number of ether oxygens (including phenoxy) is 2. The summed E-state index contributed by atoms with van der Waals surface area (Å²) < 4.78 is 11.7. The number of carbonyl (C=O) groups is 1. The monoisotopic (exact) mass is 246 g/mol. The van der Waals surface area contributed by atoms with Crippen molar-refractivity contribution >= 4 is 5.78 Å². The number of carbonyl (C=O) groups excluding carboxylic acids is 1. The smallest absolute Gasteiger partial charge is 0.165 e. The van der Waals surface area contributed by atoms with Crippen molar-refractivity contribution in [3.8, 4) is 0 Å². The molecule has 1 aliphatic heterocycles. The summed E-state index contributed by atoms with van der Waals surface area (Å²) in [7, 11) is 0. The lowest BCUT2D eigenvalue weighted by Crippen LogP contribution is -2.35. The molecule has 3 nitrogen and oxygen atoms in total. The second kappa shape index (κ2) is 4.82. The zero-order valence-corrected chi connectivity index (χ0v) is 10.5. The molecule has 1 aromatic carbocycles. The van der Waals surface area contributed by atoms with Crippen molar-refractivity contribution in [3.05, 3.63) is 35.9 Å². The predicted octanol–water partition coefficient (Wildman–Crippen LogP) is 2.65. The van der Waals surface area contributed by atoms with Crippen LogP contribution < -0.4 is 0 Å². The quantitative estimate of drug-likeness (QED) is 0.804. The lowest BCUT2D eigenvalue weighted by Gasteiger charge is -2.20. The van der Waals surface area contributed by atoms with Gasteiger partial charge in [-0.1, -0.05) is 37.3 Å². The van der Waals surface area contributed by atoms with Crippen molar-refractivity contribution in [1.29, 1.82) is 0 Å². The third-order valence-corrected chi connectivity index (χ3v) is 3.89. The van der Waals surface area contributed by atoms with E-state index in [1.807, 2.05) is 18.2 Å². The lowest BCUT2D eigenvalue weighted by molar-refractivity contribution is -0.133. The SMILES string of the molecule is CC(c1ccccc1)C1OC2CCCC(=O)C2O1. The minimum absolute atomic E-state index is 0.0255. The van der Waals surface area contributed by atoms with Crippen LogP contribution in [-0.2, 0) is 14.3 Å². The van der Waals surface area contributed by atoms with Gasteiger partial charge in [-0.25, -0.2) is 0 Å². The number of hydrogen-bond donors (Lipinski definition) is 0. The zero-order valence-electron chi connectivity index (χ0n) is 10.5.